The second kappa shape index (κ2) is 5.61. The van der Waals surface area contributed by atoms with E-state index in [4.69, 9.17) is 0 Å². The molecule has 2 aromatic rings. The number of para-hydroxylation sites is 1. The lowest BCUT2D eigenvalue weighted by Crippen LogP contribution is -2.13. The molecule has 0 aliphatic rings. The maximum absolute atomic E-state index is 12.1. The highest BCUT2D eigenvalue weighted by atomic mass is 16.1. The summed E-state index contributed by atoms with van der Waals surface area (Å²) < 4.78 is 1.66. The van der Waals surface area contributed by atoms with E-state index < -0.39 is 0 Å². The molecule has 0 aliphatic carbocycles. The molecule has 0 bridgehead atoms. The van der Waals surface area contributed by atoms with Crippen LogP contribution in [0.15, 0.2) is 42.7 Å². The zero-order chi connectivity index (χ0) is 13.8. The van der Waals surface area contributed by atoms with Gasteiger partial charge in [-0.15, -0.1) is 0 Å². The van der Waals surface area contributed by atoms with Crippen LogP contribution in [0.4, 0.5) is 0 Å². The molecule has 1 aromatic heterocycles. The Kier molecular flexibility index (Phi) is 3.90. The fraction of sp³-hybridized carbons (Fsp3) is 0.267. The lowest BCUT2D eigenvalue weighted by molar-refractivity contribution is -0.117. The average Bonchev–Trinajstić information content (AvgIpc) is 2.87. The molecule has 1 unspecified atom stereocenters. The third-order valence-corrected chi connectivity index (χ3v) is 2.93. The van der Waals surface area contributed by atoms with E-state index in [0.717, 1.165) is 5.69 Å². The van der Waals surface area contributed by atoms with E-state index in [1.165, 1.54) is 6.92 Å². The van der Waals surface area contributed by atoms with Gasteiger partial charge >= 0.3 is 0 Å². The minimum Gasteiger partial charge on any atom is -0.300 e. The highest BCUT2D eigenvalue weighted by Crippen LogP contribution is 2.14. The Morgan fingerprint density at radius 2 is 1.95 bits per heavy atom. The molecule has 4 nitrogen and oxygen atoms in total. The quantitative estimate of drug-likeness (QED) is 0.773. The van der Waals surface area contributed by atoms with Gasteiger partial charge in [0.2, 0.25) is 0 Å². The van der Waals surface area contributed by atoms with Crippen LogP contribution >= 0.6 is 0 Å². The summed E-state index contributed by atoms with van der Waals surface area (Å²) in [5, 5.41) is 4.18. The van der Waals surface area contributed by atoms with E-state index in [-0.39, 0.29) is 23.9 Å². The molecule has 0 fully saturated rings. The zero-order valence-electron chi connectivity index (χ0n) is 11.0. The summed E-state index contributed by atoms with van der Waals surface area (Å²) in [6.07, 6.45) is 3.52. The summed E-state index contributed by atoms with van der Waals surface area (Å²) in [6, 6.07) is 9.59. The van der Waals surface area contributed by atoms with Gasteiger partial charge in [-0.05, 0) is 19.1 Å². The molecule has 0 saturated carbocycles. The van der Waals surface area contributed by atoms with Crippen LogP contribution in [0.1, 0.15) is 30.6 Å². The van der Waals surface area contributed by atoms with Gasteiger partial charge in [0, 0.05) is 18.5 Å². The summed E-state index contributed by atoms with van der Waals surface area (Å²) in [7, 11) is 0. The number of rotatable bonds is 5. The normalized spacial score (nSPS) is 12.1. The molecule has 1 atom stereocenters. The number of benzene rings is 1. The lowest BCUT2D eigenvalue weighted by atomic mass is 9.97. The Morgan fingerprint density at radius 3 is 2.58 bits per heavy atom. The molecule has 0 spiro atoms. The van der Waals surface area contributed by atoms with Crippen LogP contribution in [-0.4, -0.2) is 21.3 Å². The largest absolute Gasteiger partial charge is 0.300 e. The first-order valence-corrected chi connectivity index (χ1v) is 6.21. The SMILES string of the molecule is CC(=O)CC(C)C(=O)c1cnn(-c2ccccc2)c1. The molecule has 0 amide bonds. The number of hydrogen-bond donors (Lipinski definition) is 0. The molecule has 0 radical (unpaired) electrons. The van der Waals surface area contributed by atoms with Gasteiger partial charge in [0.1, 0.15) is 5.78 Å². The van der Waals surface area contributed by atoms with Gasteiger partial charge in [0.05, 0.1) is 17.4 Å². The van der Waals surface area contributed by atoms with Crippen LogP contribution in [0, 0.1) is 5.92 Å². The Morgan fingerprint density at radius 1 is 1.26 bits per heavy atom. The molecule has 98 valence electrons. The molecule has 0 saturated heterocycles. The van der Waals surface area contributed by atoms with Crippen molar-refractivity contribution in [2.24, 2.45) is 5.92 Å². The molecular weight excluding hydrogens is 240 g/mol. The van der Waals surface area contributed by atoms with E-state index in [1.54, 1.807) is 24.0 Å². The molecular formula is C15H16N2O2. The number of aromatic nitrogens is 2. The third-order valence-electron chi connectivity index (χ3n) is 2.93. The molecule has 2 rings (SSSR count). The molecule has 1 heterocycles. The van der Waals surface area contributed by atoms with E-state index in [0.29, 0.717) is 5.56 Å². The van der Waals surface area contributed by atoms with E-state index in [1.807, 2.05) is 30.3 Å². The van der Waals surface area contributed by atoms with E-state index >= 15 is 0 Å². The topological polar surface area (TPSA) is 52.0 Å². The minimum absolute atomic E-state index is 0.0244. The molecule has 0 N–H and O–H groups in total. The Balaban J connectivity index is 2.17. The van der Waals surface area contributed by atoms with Crippen LogP contribution in [0.25, 0.3) is 5.69 Å². The number of hydrogen-bond acceptors (Lipinski definition) is 3. The van der Waals surface area contributed by atoms with Crippen LogP contribution in [0.5, 0.6) is 0 Å². The number of nitrogens with zero attached hydrogens (tertiary/aromatic N) is 2. The summed E-state index contributed by atoms with van der Waals surface area (Å²) in [5.74, 6) is -0.320. The van der Waals surface area contributed by atoms with Crippen molar-refractivity contribution in [2.45, 2.75) is 20.3 Å². The van der Waals surface area contributed by atoms with Gasteiger partial charge in [0.25, 0.3) is 0 Å². The molecule has 0 aliphatic heterocycles. The average molecular weight is 256 g/mol. The van der Waals surface area contributed by atoms with Gasteiger partial charge in [-0.1, -0.05) is 25.1 Å². The minimum atomic E-state index is -0.300. The second-order valence-corrected chi connectivity index (χ2v) is 4.68. The number of carbonyl (C=O) groups is 2. The van der Waals surface area contributed by atoms with Gasteiger partial charge in [0.15, 0.2) is 5.78 Å². The smallest absolute Gasteiger partial charge is 0.169 e. The van der Waals surface area contributed by atoms with Crippen LogP contribution in [0.2, 0.25) is 0 Å². The van der Waals surface area contributed by atoms with Crippen molar-refractivity contribution < 1.29 is 9.59 Å². The fourth-order valence-corrected chi connectivity index (χ4v) is 1.98. The maximum atomic E-state index is 12.1. The monoisotopic (exact) mass is 256 g/mol. The van der Waals surface area contributed by atoms with Crippen molar-refractivity contribution in [3.05, 3.63) is 48.3 Å². The zero-order valence-corrected chi connectivity index (χ0v) is 11.0. The van der Waals surface area contributed by atoms with Gasteiger partial charge in [-0.2, -0.15) is 5.10 Å². The third kappa shape index (κ3) is 3.16. The number of Topliss-reactive ketones (excluding diaryl/α,β-unsaturated/α-hetero) is 2. The Hall–Kier alpha value is -2.23. The van der Waals surface area contributed by atoms with E-state index in [9.17, 15) is 9.59 Å². The van der Waals surface area contributed by atoms with Crippen LogP contribution < -0.4 is 0 Å². The van der Waals surface area contributed by atoms with Crippen molar-refractivity contribution in [3.63, 3.8) is 0 Å². The summed E-state index contributed by atoms with van der Waals surface area (Å²) in [4.78, 5) is 23.2. The fourth-order valence-electron chi connectivity index (χ4n) is 1.98. The van der Waals surface area contributed by atoms with Crippen molar-refractivity contribution >= 4 is 11.6 Å². The molecule has 4 heteroatoms. The number of carbonyl (C=O) groups excluding carboxylic acids is 2. The lowest BCUT2D eigenvalue weighted by Gasteiger charge is -2.05. The predicted molar refractivity (Wildman–Crippen MR) is 72.4 cm³/mol. The number of ketones is 2. The van der Waals surface area contributed by atoms with Gasteiger partial charge < -0.3 is 4.79 Å². The van der Waals surface area contributed by atoms with E-state index in [2.05, 4.69) is 5.10 Å². The molecule has 19 heavy (non-hydrogen) atoms. The standard InChI is InChI=1S/C15H16N2O2/c1-11(8-12(2)18)15(19)13-9-16-17(10-13)14-6-4-3-5-7-14/h3-7,9-11H,8H2,1-2H3. The van der Waals surface area contributed by atoms with Crippen molar-refractivity contribution in [2.75, 3.05) is 0 Å². The van der Waals surface area contributed by atoms with Gasteiger partial charge in [-0.25, -0.2) is 4.68 Å². The first kappa shape index (κ1) is 13.2. The van der Waals surface area contributed by atoms with Crippen molar-refractivity contribution in [1.82, 2.24) is 9.78 Å². The first-order valence-electron chi connectivity index (χ1n) is 6.21. The predicted octanol–water partition coefficient (Wildman–Crippen LogP) is 2.67. The Bertz CT molecular complexity index is 587. The second-order valence-electron chi connectivity index (χ2n) is 4.68. The molecule has 1 aromatic carbocycles. The van der Waals surface area contributed by atoms with Crippen molar-refractivity contribution in [1.29, 1.82) is 0 Å². The highest BCUT2D eigenvalue weighted by molar-refractivity contribution is 5.99. The first-order chi connectivity index (χ1) is 9.08. The van der Waals surface area contributed by atoms with Crippen molar-refractivity contribution in [3.8, 4) is 5.69 Å². The summed E-state index contributed by atoms with van der Waals surface area (Å²) in [6.45, 7) is 3.26. The maximum Gasteiger partial charge on any atom is 0.169 e. The highest BCUT2D eigenvalue weighted by Gasteiger charge is 2.18. The van der Waals surface area contributed by atoms with Gasteiger partial charge in [-0.3, -0.25) is 4.79 Å². The van der Waals surface area contributed by atoms with Crippen LogP contribution in [0.3, 0.4) is 0 Å². The summed E-state index contributed by atoms with van der Waals surface area (Å²) >= 11 is 0. The summed E-state index contributed by atoms with van der Waals surface area (Å²) in [5.41, 5.74) is 1.44. The Labute approximate surface area is 112 Å². The van der Waals surface area contributed by atoms with Crippen LogP contribution in [-0.2, 0) is 4.79 Å².